The molecule has 25 heavy (non-hydrogen) atoms. The lowest BCUT2D eigenvalue weighted by Crippen LogP contribution is -2.45. The molecule has 4 rings (SSSR count). The fourth-order valence-electron chi connectivity index (χ4n) is 3.90. The van der Waals surface area contributed by atoms with Gasteiger partial charge in [-0.2, -0.15) is 0 Å². The minimum Gasteiger partial charge on any atom is -0.371 e. The highest BCUT2D eigenvalue weighted by Gasteiger charge is 2.39. The minimum atomic E-state index is -0.877. The molecular weight excluding hydrogens is 340 g/mol. The number of benzene rings is 1. The van der Waals surface area contributed by atoms with Gasteiger partial charge in [-0.15, -0.1) is 0 Å². The first kappa shape index (κ1) is 16.3. The van der Waals surface area contributed by atoms with Gasteiger partial charge >= 0.3 is 0 Å². The number of allylic oxidation sites excluding steroid dienone is 2. The molecule has 6 nitrogen and oxygen atoms in total. The summed E-state index contributed by atoms with van der Waals surface area (Å²) in [5.74, 6) is 0.153. The van der Waals surface area contributed by atoms with Crippen LogP contribution in [0.3, 0.4) is 0 Å². The molecule has 0 radical (unpaired) electrons. The van der Waals surface area contributed by atoms with Gasteiger partial charge in [-0.3, -0.25) is 9.69 Å². The third-order valence-electron chi connectivity index (χ3n) is 5.21. The number of piperidine rings is 1. The molecule has 0 spiro atoms. The van der Waals surface area contributed by atoms with Crippen molar-refractivity contribution >= 4 is 28.5 Å². The second-order valence-electron chi connectivity index (χ2n) is 6.54. The molecule has 0 bridgehead atoms. The van der Waals surface area contributed by atoms with Crippen LogP contribution in [0.1, 0.15) is 25.4 Å². The molecule has 3 unspecified atom stereocenters. The molecule has 130 valence electrons. The predicted molar refractivity (Wildman–Crippen MR) is 95.7 cm³/mol. The summed E-state index contributed by atoms with van der Waals surface area (Å²) in [4.78, 5) is 21.1. The number of aliphatic hydroxyl groups is 1. The predicted octanol–water partition coefficient (Wildman–Crippen LogP) is 2.27. The van der Waals surface area contributed by atoms with Crippen molar-refractivity contribution < 1.29 is 9.90 Å². The Morgan fingerprint density at radius 1 is 1.48 bits per heavy atom. The van der Waals surface area contributed by atoms with Crippen LogP contribution in [0.4, 0.5) is 0 Å². The van der Waals surface area contributed by atoms with Crippen molar-refractivity contribution in [1.29, 1.82) is 0 Å². The number of nitrogens with one attached hydrogen (secondary N) is 1. The Balaban J connectivity index is 1.60. The molecule has 2 aliphatic rings. The van der Waals surface area contributed by atoms with Gasteiger partial charge in [0.05, 0.1) is 10.5 Å². The van der Waals surface area contributed by atoms with E-state index in [1.165, 1.54) is 0 Å². The smallest absolute Gasteiger partial charge is 0.245 e. The monoisotopic (exact) mass is 358 g/mol. The summed E-state index contributed by atoms with van der Waals surface area (Å²) in [6, 6.07) is 5.47. The number of aromatic amines is 1. The fraction of sp³-hybridized carbons (Fsp3) is 0.333. The van der Waals surface area contributed by atoms with E-state index in [1.54, 1.807) is 12.1 Å². The lowest BCUT2D eigenvalue weighted by molar-refractivity contribution is -0.115. The Morgan fingerprint density at radius 2 is 2.28 bits per heavy atom. The molecular formula is C18H19ClN4O2. The van der Waals surface area contributed by atoms with Crippen molar-refractivity contribution in [3.8, 4) is 0 Å². The van der Waals surface area contributed by atoms with E-state index in [0.717, 1.165) is 17.5 Å². The number of hydrogen-bond acceptors (Lipinski definition) is 4. The highest BCUT2D eigenvalue weighted by molar-refractivity contribution is 6.34. The zero-order valence-electron chi connectivity index (χ0n) is 13.7. The Hall–Kier alpha value is -2.15. The number of amides is 1. The number of H-pyrrole nitrogens is 1. The summed E-state index contributed by atoms with van der Waals surface area (Å²) in [6.07, 6.45) is 3.61. The maximum Gasteiger partial charge on any atom is 0.245 e. The number of aliphatic hydroxyl groups excluding tert-OH is 1. The Labute approximate surface area is 150 Å². The number of imidazole rings is 1. The number of aromatic nitrogens is 2. The summed E-state index contributed by atoms with van der Waals surface area (Å²) in [7, 11) is 0. The average Bonchev–Trinajstić information content (AvgIpc) is 3.19. The van der Waals surface area contributed by atoms with E-state index in [-0.39, 0.29) is 17.9 Å². The summed E-state index contributed by atoms with van der Waals surface area (Å²) >= 11 is 6.17. The number of carbonyl (C=O) groups excluding carboxylic acids is 1. The van der Waals surface area contributed by atoms with Crippen molar-refractivity contribution in [3.05, 3.63) is 52.3 Å². The number of carbonyl (C=O) groups is 1. The molecule has 1 aromatic carbocycles. The van der Waals surface area contributed by atoms with Crippen LogP contribution in [0.25, 0.3) is 11.0 Å². The van der Waals surface area contributed by atoms with Crippen molar-refractivity contribution in [2.24, 2.45) is 11.7 Å². The first-order valence-corrected chi connectivity index (χ1v) is 8.64. The molecule has 2 heterocycles. The van der Waals surface area contributed by atoms with E-state index < -0.39 is 6.23 Å². The SMILES string of the molecule is CC1C2=CC=C(C(N)=O)C2CCN1C(O)c1nc2c(Cl)cccc2[nH]1. The van der Waals surface area contributed by atoms with Crippen LogP contribution in [0.15, 0.2) is 41.5 Å². The Morgan fingerprint density at radius 3 is 3.00 bits per heavy atom. The number of nitrogens with two attached hydrogens (primary N) is 1. The fourth-order valence-corrected chi connectivity index (χ4v) is 4.11. The van der Waals surface area contributed by atoms with Gasteiger partial charge in [-0.1, -0.05) is 29.8 Å². The molecule has 2 aromatic rings. The van der Waals surface area contributed by atoms with Gasteiger partial charge in [0.1, 0.15) is 5.52 Å². The number of halogens is 1. The van der Waals surface area contributed by atoms with Crippen LogP contribution >= 0.6 is 11.6 Å². The number of fused-ring (bicyclic) bond motifs is 2. The maximum absolute atomic E-state index is 11.6. The number of para-hydroxylation sites is 1. The Bertz CT molecular complexity index is 917. The van der Waals surface area contributed by atoms with Crippen LogP contribution < -0.4 is 5.73 Å². The molecule has 1 amide bonds. The number of primary amides is 1. The van der Waals surface area contributed by atoms with Gasteiger partial charge in [-0.05, 0) is 31.1 Å². The highest BCUT2D eigenvalue weighted by atomic mass is 35.5. The largest absolute Gasteiger partial charge is 0.371 e. The zero-order valence-corrected chi connectivity index (χ0v) is 14.5. The highest BCUT2D eigenvalue weighted by Crippen LogP contribution is 2.40. The van der Waals surface area contributed by atoms with E-state index >= 15 is 0 Å². The molecule has 0 saturated carbocycles. The molecule has 1 aliphatic carbocycles. The summed E-state index contributed by atoms with van der Waals surface area (Å²) in [6.45, 7) is 2.66. The normalized spacial score (nSPS) is 24.8. The van der Waals surface area contributed by atoms with Crippen molar-refractivity contribution in [2.45, 2.75) is 25.6 Å². The van der Waals surface area contributed by atoms with E-state index in [9.17, 15) is 9.90 Å². The van der Waals surface area contributed by atoms with Gasteiger partial charge in [0.15, 0.2) is 12.1 Å². The first-order valence-electron chi connectivity index (χ1n) is 8.26. The minimum absolute atomic E-state index is 0.0227. The molecule has 7 heteroatoms. The Kier molecular flexibility index (Phi) is 3.91. The van der Waals surface area contributed by atoms with Gasteiger partial charge in [-0.25, -0.2) is 4.98 Å². The van der Waals surface area contributed by atoms with Crippen LogP contribution in [0.2, 0.25) is 5.02 Å². The number of rotatable bonds is 3. The van der Waals surface area contributed by atoms with E-state index in [2.05, 4.69) is 9.97 Å². The summed E-state index contributed by atoms with van der Waals surface area (Å²) in [5, 5.41) is 11.4. The molecule has 1 aromatic heterocycles. The van der Waals surface area contributed by atoms with Gasteiger partial charge in [0.25, 0.3) is 0 Å². The van der Waals surface area contributed by atoms with Gasteiger partial charge in [0.2, 0.25) is 5.91 Å². The summed E-state index contributed by atoms with van der Waals surface area (Å²) in [5.41, 5.74) is 8.67. The van der Waals surface area contributed by atoms with Crippen LogP contribution in [-0.4, -0.2) is 38.5 Å². The van der Waals surface area contributed by atoms with Crippen molar-refractivity contribution in [3.63, 3.8) is 0 Å². The maximum atomic E-state index is 11.6. The second-order valence-corrected chi connectivity index (χ2v) is 6.95. The first-order chi connectivity index (χ1) is 12.0. The number of likely N-dealkylation sites (tertiary alicyclic amines) is 1. The zero-order chi connectivity index (χ0) is 17.7. The standard InChI is InChI=1S/C18H19ClN4O2/c1-9-10-5-6-12(16(20)24)11(10)7-8-23(9)18(25)17-21-14-4-2-3-13(19)15(14)22-17/h2-6,9,11,18,25H,7-8H2,1H3,(H2,20,24)(H,21,22). The van der Waals surface area contributed by atoms with Crippen LogP contribution in [-0.2, 0) is 4.79 Å². The second kappa shape index (κ2) is 5.98. The third-order valence-corrected chi connectivity index (χ3v) is 5.52. The molecule has 1 fully saturated rings. The molecule has 4 N–H and O–H groups in total. The quantitative estimate of drug-likeness (QED) is 0.784. The van der Waals surface area contributed by atoms with Crippen molar-refractivity contribution in [1.82, 2.24) is 14.9 Å². The molecule has 1 aliphatic heterocycles. The van der Waals surface area contributed by atoms with Gasteiger partial charge in [0, 0.05) is 24.1 Å². The van der Waals surface area contributed by atoms with Gasteiger partial charge < -0.3 is 15.8 Å². The van der Waals surface area contributed by atoms with Crippen LogP contribution in [0.5, 0.6) is 0 Å². The third kappa shape index (κ3) is 2.57. The van der Waals surface area contributed by atoms with E-state index in [1.807, 2.05) is 30.0 Å². The van der Waals surface area contributed by atoms with Crippen LogP contribution in [0, 0.1) is 5.92 Å². The van der Waals surface area contributed by atoms with E-state index in [0.29, 0.717) is 28.5 Å². The van der Waals surface area contributed by atoms with Crippen molar-refractivity contribution in [2.75, 3.05) is 6.54 Å². The average molecular weight is 359 g/mol. The molecule has 3 atom stereocenters. The van der Waals surface area contributed by atoms with E-state index in [4.69, 9.17) is 17.3 Å². The lowest BCUT2D eigenvalue weighted by atomic mass is 9.84. The topological polar surface area (TPSA) is 95.2 Å². The number of nitrogens with zero attached hydrogens (tertiary/aromatic N) is 2. The number of hydrogen-bond donors (Lipinski definition) is 3. The summed E-state index contributed by atoms with van der Waals surface area (Å²) < 4.78 is 0. The lowest BCUT2D eigenvalue weighted by Gasteiger charge is -2.40. The molecule has 1 saturated heterocycles.